The molecule has 1 aromatic rings. The van der Waals surface area contributed by atoms with Crippen molar-refractivity contribution in [3.05, 3.63) is 24.0 Å². The first-order valence-electron chi connectivity index (χ1n) is 6.46. The van der Waals surface area contributed by atoms with E-state index in [2.05, 4.69) is 17.3 Å². The van der Waals surface area contributed by atoms with E-state index in [1.165, 1.54) is 6.42 Å². The van der Waals surface area contributed by atoms with Crippen molar-refractivity contribution >= 4 is 11.6 Å². The number of piperidine rings is 1. The van der Waals surface area contributed by atoms with Crippen LogP contribution in [0.2, 0.25) is 0 Å². The topological polar surface area (TPSA) is 71.2 Å². The summed E-state index contributed by atoms with van der Waals surface area (Å²) in [4.78, 5) is 18.3. The number of carbonyl (C=O) groups excluding carboxylic acids is 1. The summed E-state index contributed by atoms with van der Waals surface area (Å²) in [6.07, 6.45) is 5.03. The van der Waals surface area contributed by atoms with E-state index in [4.69, 9.17) is 5.84 Å². The fraction of sp³-hybridized carbons (Fsp3) is 0.538. The number of nitrogen functional groups attached to an aromatic ring is 1. The zero-order valence-corrected chi connectivity index (χ0v) is 10.7. The second-order valence-corrected chi connectivity index (χ2v) is 4.74. The van der Waals surface area contributed by atoms with Crippen molar-refractivity contribution in [2.75, 3.05) is 18.5 Å². The summed E-state index contributed by atoms with van der Waals surface area (Å²) < 4.78 is 0. The molecule has 1 saturated heterocycles. The number of nitrogens with one attached hydrogen (secondary N) is 1. The number of likely N-dealkylation sites (tertiary alicyclic amines) is 1. The number of amides is 1. The molecule has 0 aromatic carbocycles. The van der Waals surface area contributed by atoms with Crippen molar-refractivity contribution in [2.45, 2.75) is 26.2 Å². The van der Waals surface area contributed by atoms with Crippen LogP contribution in [0.3, 0.4) is 0 Å². The minimum Gasteiger partial charge on any atom is -0.337 e. The van der Waals surface area contributed by atoms with E-state index in [9.17, 15) is 4.79 Å². The lowest BCUT2D eigenvalue weighted by atomic mass is 9.95. The third kappa shape index (κ3) is 2.79. The van der Waals surface area contributed by atoms with Crippen molar-refractivity contribution < 1.29 is 4.79 Å². The molecule has 1 aliphatic heterocycles. The Hall–Kier alpha value is -1.62. The van der Waals surface area contributed by atoms with E-state index < -0.39 is 0 Å². The predicted molar refractivity (Wildman–Crippen MR) is 71.0 cm³/mol. The Morgan fingerprint density at radius 3 is 3.06 bits per heavy atom. The maximum atomic E-state index is 12.3. The van der Waals surface area contributed by atoms with Crippen molar-refractivity contribution in [3.8, 4) is 0 Å². The number of carbonyl (C=O) groups is 1. The molecule has 0 saturated carbocycles. The van der Waals surface area contributed by atoms with Gasteiger partial charge in [-0.1, -0.05) is 13.3 Å². The van der Waals surface area contributed by atoms with Gasteiger partial charge < -0.3 is 10.3 Å². The van der Waals surface area contributed by atoms with E-state index in [-0.39, 0.29) is 5.91 Å². The number of pyridine rings is 1. The van der Waals surface area contributed by atoms with Crippen molar-refractivity contribution in [2.24, 2.45) is 11.8 Å². The molecule has 1 atom stereocenters. The second-order valence-electron chi connectivity index (χ2n) is 4.74. The normalized spacial score (nSPS) is 19.7. The summed E-state index contributed by atoms with van der Waals surface area (Å²) >= 11 is 0. The molecule has 1 aliphatic rings. The van der Waals surface area contributed by atoms with Crippen LogP contribution in [0, 0.1) is 5.92 Å². The predicted octanol–water partition coefficient (Wildman–Crippen LogP) is 1.63. The molecule has 1 unspecified atom stereocenters. The van der Waals surface area contributed by atoms with Crippen LogP contribution in [-0.4, -0.2) is 28.9 Å². The van der Waals surface area contributed by atoms with Gasteiger partial charge >= 0.3 is 0 Å². The van der Waals surface area contributed by atoms with Gasteiger partial charge in [-0.05, 0) is 30.9 Å². The van der Waals surface area contributed by atoms with Gasteiger partial charge in [-0.15, -0.1) is 0 Å². The van der Waals surface area contributed by atoms with Crippen LogP contribution in [0.4, 0.5) is 5.69 Å². The molecule has 2 heterocycles. The van der Waals surface area contributed by atoms with Crippen LogP contribution < -0.4 is 11.3 Å². The number of nitrogens with zero attached hydrogens (tertiary/aromatic N) is 2. The lowest BCUT2D eigenvalue weighted by Gasteiger charge is -2.32. The Bertz CT molecular complexity index is 404. The van der Waals surface area contributed by atoms with Gasteiger partial charge in [0.2, 0.25) is 0 Å². The first kappa shape index (κ1) is 12.8. The first-order valence-corrected chi connectivity index (χ1v) is 6.46. The summed E-state index contributed by atoms with van der Waals surface area (Å²) in [5.74, 6) is 5.93. The number of anilines is 1. The third-order valence-electron chi connectivity index (χ3n) is 3.53. The SMILES string of the molecule is CCC1CCCN(C(=O)c2ccc(NN)cn2)C1. The zero-order valence-electron chi connectivity index (χ0n) is 10.7. The van der Waals surface area contributed by atoms with E-state index in [0.717, 1.165) is 25.9 Å². The van der Waals surface area contributed by atoms with Crippen LogP contribution >= 0.6 is 0 Å². The van der Waals surface area contributed by atoms with Crippen LogP contribution in [0.1, 0.15) is 36.7 Å². The fourth-order valence-electron chi connectivity index (χ4n) is 2.35. The van der Waals surface area contributed by atoms with Crippen LogP contribution in [0.25, 0.3) is 0 Å². The standard InChI is InChI=1S/C13H20N4O/c1-2-10-4-3-7-17(9-10)13(18)12-6-5-11(16-14)8-15-12/h5-6,8,10,16H,2-4,7,9,14H2,1H3. The molecule has 0 radical (unpaired) electrons. The van der Waals surface area contributed by atoms with E-state index in [0.29, 0.717) is 17.3 Å². The molecule has 5 heteroatoms. The van der Waals surface area contributed by atoms with Crippen molar-refractivity contribution in [3.63, 3.8) is 0 Å². The molecule has 3 N–H and O–H groups in total. The van der Waals surface area contributed by atoms with Gasteiger partial charge in [-0.2, -0.15) is 0 Å². The Balaban J connectivity index is 2.05. The van der Waals surface area contributed by atoms with Gasteiger partial charge in [-0.25, -0.2) is 4.98 Å². The average molecular weight is 248 g/mol. The van der Waals surface area contributed by atoms with Gasteiger partial charge in [0.15, 0.2) is 0 Å². The van der Waals surface area contributed by atoms with Gasteiger partial charge in [0, 0.05) is 13.1 Å². The number of rotatable bonds is 3. The largest absolute Gasteiger partial charge is 0.337 e. The van der Waals surface area contributed by atoms with Gasteiger partial charge in [0.05, 0.1) is 11.9 Å². The quantitative estimate of drug-likeness (QED) is 0.630. The Morgan fingerprint density at radius 2 is 2.44 bits per heavy atom. The van der Waals surface area contributed by atoms with Gasteiger partial charge in [-0.3, -0.25) is 10.6 Å². The molecule has 1 fully saturated rings. The lowest BCUT2D eigenvalue weighted by molar-refractivity contribution is 0.0665. The molecule has 0 spiro atoms. The Labute approximate surface area is 107 Å². The minimum absolute atomic E-state index is 0.0247. The molecule has 18 heavy (non-hydrogen) atoms. The minimum atomic E-state index is 0.0247. The Morgan fingerprint density at radius 1 is 1.61 bits per heavy atom. The highest BCUT2D eigenvalue weighted by molar-refractivity contribution is 5.92. The molecule has 98 valence electrons. The molecular weight excluding hydrogens is 228 g/mol. The number of nitrogens with two attached hydrogens (primary N) is 1. The zero-order chi connectivity index (χ0) is 13.0. The van der Waals surface area contributed by atoms with Crippen molar-refractivity contribution in [1.29, 1.82) is 0 Å². The highest BCUT2D eigenvalue weighted by Gasteiger charge is 2.23. The first-order chi connectivity index (χ1) is 8.74. The summed E-state index contributed by atoms with van der Waals surface area (Å²) in [7, 11) is 0. The lowest BCUT2D eigenvalue weighted by Crippen LogP contribution is -2.40. The maximum absolute atomic E-state index is 12.3. The highest BCUT2D eigenvalue weighted by atomic mass is 16.2. The number of aromatic nitrogens is 1. The van der Waals surface area contributed by atoms with Gasteiger partial charge in [0.25, 0.3) is 5.91 Å². The third-order valence-corrected chi connectivity index (χ3v) is 3.53. The van der Waals surface area contributed by atoms with E-state index >= 15 is 0 Å². The van der Waals surface area contributed by atoms with Crippen LogP contribution in [0.5, 0.6) is 0 Å². The van der Waals surface area contributed by atoms with E-state index in [1.54, 1.807) is 18.3 Å². The maximum Gasteiger partial charge on any atom is 0.272 e. The monoisotopic (exact) mass is 248 g/mol. The molecular formula is C13H20N4O. The average Bonchev–Trinajstić information content (AvgIpc) is 2.46. The number of hydrazine groups is 1. The molecule has 5 nitrogen and oxygen atoms in total. The molecule has 0 aliphatic carbocycles. The van der Waals surface area contributed by atoms with Crippen molar-refractivity contribution in [1.82, 2.24) is 9.88 Å². The molecule has 0 bridgehead atoms. The smallest absolute Gasteiger partial charge is 0.272 e. The summed E-state index contributed by atoms with van der Waals surface area (Å²) in [5, 5.41) is 0. The van der Waals surface area contributed by atoms with Crippen LogP contribution in [0.15, 0.2) is 18.3 Å². The summed E-state index contributed by atoms with van der Waals surface area (Å²) in [6.45, 7) is 3.88. The number of hydrogen-bond donors (Lipinski definition) is 2. The molecule has 1 amide bonds. The Kier molecular flexibility index (Phi) is 4.15. The highest BCUT2D eigenvalue weighted by Crippen LogP contribution is 2.20. The second kappa shape index (κ2) is 5.82. The van der Waals surface area contributed by atoms with Crippen LogP contribution in [-0.2, 0) is 0 Å². The molecule has 1 aromatic heterocycles. The fourth-order valence-corrected chi connectivity index (χ4v) is 2.35. The summed E-state index contributed by atoms with van der Waals surface area (Å²) in [5.41, 5.74) is 3.70. The van der Waals surface area contributed by atoms with Gasteiger partial charge in [0.1, 0.15) is 5.69 Å². The molecule has 2 rings (SSSR count). The van der Waals surface area contributed by atoms with E-state index in [1.807, 2.05) is 4.90 Å². The number of hydrogen-bond acceptors (Lipinski definition) is 4. The summed E-state index contributed by atoms with van der Waals surface area (Å²) in [6, 6.07) is 3.48.